The number of carbonyl (C=O) groups excluding carboxylic acids is 1. The van der Waals surface area contributed by atoms with Gasteiger partial charge in [0.1, 0.15) is 0 Å². The average Bonchev–Trinajstić information content (AvgIpc) is 3.06. The summed E-state index contributed by atoms with van der Waals surface area (Å²) in [5, 5.41) is 17.4. The Morgan fingerprint density at radius 1 is 1.40 bits per heavy atom. The van der Waals surface area contributed by atoms with E-state index in [1.807, 2.05) is 0 Å². The Hall–Kier alpha value is -2.13. The van der Waals surface area contributed by atoms with Crippen LogP contribution in [0.25, 0.3) is 0 Å². The molecule has 2 atom stereocenters. The molecule has 0 radical (unpaired) electrons. The molecule has 2 fully saturated rings. The van der Waals surface area contributed by atoms with Crippen molar-refractivity contribution in [2.24, 2.45) is 16.5 Å². The van der Waals surface area contributed by atoms with Gasteiger partial charge in [0.15, 0.2) is 0 Å². The van der Waals surface area contributed by atoms with Crippen molar-refractivity contribution in [3.05, 3.63) is 23.8 Å². The molecule has 1 aromatic rings. The van der Waals surface area contributed by atoms with E-state index in [0.29, 0.717) is 24.2 Å². The van der Waals surface area contributed by atoms with Gasteiger partial charge in [0.25, 0.3) is 0 Å². The number of primary sulfonamides is 1. The number of nitrogens with one attached hydrogen (secondary N) is 1. The van der Waals surface area contributed by atoms with Crippen LogP contribution >= 0.6 is 0 Å². The third kappa shape index (κ3) is 3.09. The number of hydrogen-bond donors (Lipinski definition) is 3. The molecule has 8 nitrogen and oxygen atoms in total. The van der Waals surface area contributed by atoms with E-state index in [1.54, 1.807) is 19.1 Å². The maximum absolute atomic E-state index is 12.5. The molecule has 1 heterocycles. The predicted molar refractivity (Wildman–Crippen MR) is 90.6 cm³/mol. The summed E-state index contributed by atoms with van der Waals surface area (Å²) in [6, 6.07) is 4.03. The van der Waals surface area contributed by atoms with Crippen LogP contribution in [0.1, 0.15) is 24.8 Å². The normalized spacial score (nSPS) is 25.7. The Bertz CT molecular complexity index is 838. The molecule has 9 heteroatoms. The SMILES string of the molecule is Cc1ccc(NC(=O)N2C[C@@H]3CCC[C@@]3(C(=O)O)C2)cc1S(N)(=O)=O. The highest BCUT2D eigenvalue weighted by molar-refractivity contribution is 7.89. The standard InChI is InChI=1S/C16H21N3O5S/c1-10-4-5-12(7-13(10)25(17,23)24)18-15(22)19-8-11-3-2-6-16(11,9-19)14(20)21/h4-5,7,11H,2-3,6,8-9H2,1H3,(H,18,22)(H,20,21)(H2,17,23,24)/t11-,16+/m0/s1. The first kappa shape index (κ1) is 17.7. The van der Waals surface area contributed by atoms with E-state index in [0.717, 1.165) is 12.8 Å². The zero-order valence-corrected chi connectivity index (χ0v) is 14.7. The van der Waals surface area contributed by atoms with Gasteiger partial charge < -0.3 is 15.3 Å². The van der Waals surface area contributed by atoms with Gasteiger partial charge in [-0.3, -0.25) is 4.79 Å². The summed E-state index contributed by atoms with van der Waals surface area (Å²) < 4.78 is 23.2. The number of hydrogen-bond acceptors (Lipinski definition) is 4. The number of carboxylic acid groups (broad SMARTS) is 1. The number of nitrogens with two attached hydrogens (primary N) is 1. The molecule has 1 saturated heterocycles. The van der Waals surface area contributed by atoms with Gasteiger partial charge in [-0.25, -0.2) is 18.4 Å². The van der Waals surface area contributed by atoms with Crippen LogP contribution in [0.2, 0.25) is 0 Å². The largest absolute Gasteiger partial charge is 0.481 e. The van der Waals surface area contributed by atoms with Crippen molar-refractivity contribution in [3.63, 3.8) is 0 Å². The monoisotopic (exact) mass is 367 g/mol. The second-order valence-electron chi connectivity index (χ2n) is 6.89. The quantitative estimate of drug-likeness (QED) is 0.743. The summed E-state index contributed by atoms with van der Waals surface area (Å²) >= 11 is 0. The second kappa shape index (κ2) is 5.99. The minimum absolute atomic E-state index is 0.0336. The molecule has 1 aromatic carbocycles. The maximum Gasteiger partial charge on any atom is 0.321 e. The Labute approximate surface area is 146 Å². The summed E-state index contributed by atoms with van der Waals surface area (Å²) in [4.78, 5) is 25.6. The fraction of sp³-hybridized carbons (Fsp3) is 0.500. The van der Waals surface area contributed by atoms with E-state index in [4.69, 9.17) is 5.14 Å². The predicted octanol–water partition coefficient (Wildman–Crippen LogP) is 1.36. The van der Waals surface area contributed by atoms with Crippen LogP contribution in [-0.4, -0.2) is 43.5 Å². The highest BCUT2D eigenvalue weighted by atomic mass is 32.2. The van der Waals surface area contributed by atoms with Crippen LogP contribution in [-0.2, 0) is 14.8 Å². The van der Waals surface area contributed by atoms with Crippen LogP contribution in [0.15, 0.2) is 23.1 Å². The molecule has 1 aliphatic carbocycles. The summed E-state index contributed by atoms with van der Waals surface area (Å²) in [6.07, 6.45) is 2.25. The Morgan fingerprint density at radius 3 is 2.72 bits per heavy atom. The molecule has 4 N–H and O–H groups in total. The summed E-state index contributed by atoms with van der Waals surface area (Å²) in [5.74, 6) is -0.883. The van der Waals surface area contributed by atoms with E-state index in [9.17, 15) is 23.1 Å². The lowest BCUT2D eigenvalue weighted by atomic mass is 9.81. The minimum Gasteiger partial charge on any atom is -0.481 e. The van der Waals surface area contributed by atoms with E-state index >= 15 is 0 Å². The Morgan fingerprint density at radius 2 is 2.12 bits per heavy atom. The number of aryl methyl sites for hydroxylation is 1. The topological polar surface area (TPSA) is 130 Å². The van der Waals surface area contributed by atoms with Gasteiger partial charge in [0.05, 0.1) is 10.3 Å². The van der Waals surface area contributed by atoms with Gasteiger partial charge in [-0.15, -0.1) is 0 Å². The lowest BCUT2D eigenvalue weighted by Crippen LogP contribution is -2.38. The molecule has 25 heavy (non-hydrogen) atoms. The van der Waals surface area contributed by atoms with E-state index in [2.05, 4.69) is 5.32 Å². The van der Waals surface area contributed by atoms with Crippen molar-refractivity contribution < 1.29 is 23.1 Å². The molecule has 2 amide bonds. The molecule has 3 rings (SSSR count). The minimum atomic E-state index is -3.89. The third-order valence-corrected chi connectivity index (χ3v) is 6.38. The second-order valence-corrected chi connectivity index (χ2v) is 8.42. The fourth-order valence-electron chi connectivity index (χ4n) is 3.98. The van der Waals surface area contributed by atoms with Crippen molar-refractivity contribution in [2.75, 3.05) is 18.4 Å². The van der Waals surface area contributed by atoms with Crippen LogP contribution in [0, 0.1) is 18.3 Å². The lowest BCUT2D eigenvalue weighted by molar-refractivity contribution is -0.149. The first-order chi connectivity index (χ1) is 11.6. The van der Waals surface area contributed by atoms with Crippen molar-refractivity contribution in [1.29, 1.82) is 0 Å². The van der Waals surface area contributed by atoms with Gasteiger partial charge in [0.2, 0.25) is 10.0 Å². The van der Waals surface area contributed by atoms with Gasteiger partial charge >= 0.3 is 12.0 Å². The van der Waals surface area contributed by atoms with Gasteiger partial charge in [-0.1, -0.05) is 12.5 Å². The van der Waals surface area contributed by atoms with E-state index < -0.39 is 27.4 Å². The van der Waals surface area contributed by atoms with Crippen LogP contribution in [0.5, 0.6) is 0 Å². The number of amides is 2. The molecule has 0 aromatic heterocycles. The first-order valence-electron chi connectivity index (χ1n) is 8.06. The number of aliphatic carboxylic acids is 1. The zero-order chi connectivity index (χ0) is 18.4. The summed E-state index contributed by atoms with van der Waals surface area (Å²) in [5.41, 5.74) is -0.0572. The van der Waals surface area contributed by atoms with E-state index in [1.165, 1.54) is 11.0 Å². The van der Waals surface area contributed by atoms with E-state index in [-0.39, 0.29) is 17.4 Å². The number of sulfonamides is 1. The smallest absolute Gasteiger partial charge is 0.321 e. The Balaban J connectivity index is 1.77. The summed E-state index contributed by atoms with van der Waals surface area (Å²) in [6.45, 7) is 2.18. The molecule has 2 aliphatic rings. The highest BCUT2D eigenvalue weighted by Gasteiger charge is 2.55. The fourth-order valence-corrected chi connectivity index (χ4v) is 4.79. The molecule has 0 spiro atoms. The molecule has 0 unspecified atom stereocenters. The lowest BCUT2D eigenvalue weighted by Gasteiger charge is -2.23. The molecular weight excluding hydrogens is 346 g/mol. The van der Waals surface area contributed by atoms with Gasteiger partial charge in [-0.05, 0) is 43.4 Å². The van der Waals surface area contributed by atoms with Crippen molar-refractivity contribution in [3.8, 4) is 0 Å². The molecule has 1 saturated carbocycles. The van der Waals surface area contributed by atoms with Gasteiger partial charge in [0, 0.05) is 18.8 Å². The van der Waals surface area contributed by atoms with Crippen LogP contribution in [0.3, 0.4) is 0 Å². The number of benzene rings is 1. The highest BCUT2D eigenvalue weighted by Crippen LogP contribution is 2.48. The number of carbonyl (C=O) groups is 2. The average molecular weight is 367 g/mol. The van der Waals surface area contributed by atoms with Crippen molar-refractivity contribution >= 4 is 27.7 Å². The Kier molecular flexibility index (Phi) is 4.24. The zero-order valence-electron chi connectivity index (χ0n) is 13.9. The van der Waals surface area contributed by atoms with Crippen molar-refractivity contribution in [1.82, 2.24) is 4.90 Å². The number of likely N-dealkylation sites (tertiary alicyclic amines) is 1. The number of anilines is 1. The number of carboxylic acids is 1. The number of urea groups is 1. The third-order valence-electron chi connectivity index (χ3n) is 5.33. The van der Waals surface area contributed by atoms with Gasteiger partial charge in [-0.2, -0.15) is 0 Å². The number of nitrogens with zero attached hydrogens (tertiary/aromatic N) is 1. The molecular formula is C16H21N3O5S. The first-order valence-corrected chi connectivity index (χ1v) is 9.61. The number of fused-ring (bicyclic) bond motifs is 1. The molecule has 136 valence electrons. The molecule has 1 aliphatic heterocycles. The van der Waals surface area contributed by atoms with Crippen molar-refractivity contribution in [2.45, 2.75) is 31.1 Å². The summed E-state index contributed by atoms with van der Waals surface area (Å²) in [7, 11) is -3.89. The van der Waals surface area contributed by atoms with Crippen LogP contribution in [0.4, 0.5) is 10.5 Å². The maximum atomic E-state index is 12.5. The number of rotatable bonds is 3. The van der Waals surface area contributed by atoms with Crippen LogP contribution < -0.4 is 10.5 Å². The molecule has 0 bridgehead atoms.